The fraction of sp³-hybridized carbons (Fsp3) is 0.500. The van der Waals surface area contributed by atoms with Crippen LogP contribution in [0.2, 0.25) is 0 Å². The molecule has 6 nitrogen and oxygen atoms in total. The highest BCUT2D eigenvalue weighted by molar-refractivity contribution is 9.10. The van der Waals surface area contributed by atoms with Crippen molar-refractivity contribution in [3.05, 3.63) is 22.8 Å². The van der Waals surface area contributed by atoms with Gasteiger partial charge in [-0.05, 0) is 41.6 Å². The summed E-state index contributed by atoms with van der Waals surface area (Å²) < 4.78 is 7.54. The second kappa shape index (κ2) is 5.63. The van der Waals surface area contributed by atoms with Crippen LogP contribution in [0, 0.1) is 5.92 Å². The molecule has 0 bridgehead atoms. The molecule has 1 aliphatic carbocycles. The zero-order valence-corrected chi connectivity index (χ0v) is 13.3. The van der Waals surface area contributed by atoms with Crippen LogP contribution in [-0.2, 0) is 9.53 Å². The van der Waals surface area contributed by atoms with Gasteiger partial charge in [0.1, 0.15) is 15.9 Å². The fourth-order valence-corrected chi connectivity index (χ4v) is 3.66. The zero-order valence-electron chi connectivity index (χ0n) is 11.8. The summed E-state index contributed by atoms with van der Waals surface area (Å²) in [7, 11) is 1.45. The molecule has 2 heterocycles. The van der Waals surface area contributed by atoms with Crippen LogP contribution in [0.4, 0.5) is 5.82 Å². The molecule has 0 amide bonds. The van der Waals surface area contributed by atoms with Crippen molar-refractivity contribution in [2.45, 2.75) is 31.6 Å². The lowest BCUT2D eigenvalue weighted by Gasteiger charge is -2.26. The van der Waals surface area contributed by atoms with Gasteiger partial charge in [-0.25, -0.2) is 9.97 Å². The molecule has 0 radical (unpaired) electrons. The number of halogens is 1. The van der Waals surface area contributed by atoms with E-state index < -0.39 is 0 Å². The molecule has 112 valence electrons. The van der Waals surface area contributed by atoms with Gasteiger partial charge in [-0.3, -0.25) is 9.20 Å². The van der Waals surface area contributed by atoms with E-state index in [1.807, 2.05) is 10.6 Å². The number of carbonyl (C=O) groups excluding carboxylic acids is 1. The smallest absolute Gasteiger partial charge is 0.308 e. The SMILES string of the molecule is COC(=O)[C@H]1CC[C@H](c2nc(Br)c3c(N)nccn32)CC1. The first-order valence-corrected chi connectivity index (χ1v) is 7.77. The maximum Gasteiger partial charge on any atom is 0.308 e. The maximum absolute atomic E-state index is 11.6. The summed E-state index contributed by atoms with van der Waals surface area (Å²) in [5.41, 5.74) is 6.72. The first-order valence-electron chi connectivity index (χ1n) is 6.97. The standard InChI is InChI=1S/C14H17BrN4O2/c1-21-14(20)9-4-2-8(3-5-9)13-18-11(15)10-12(16)17-6-7-19(10)13/h6-9H,2-5H2,1H3,(H2,16,17)/t8-,9-. The quantitative estimate of drug-likeness (QED) is 0.839. The van der Waals surface area contributed by atoms with E-state index >= 15 is 0 Å². The monoisotopic (exact) mass is 352 g/mol. The summed E-state index contributed by atoms with van der Waals surface area (Å²) in [6.07, 6.45) is 7.08. The summed E-state index contributed by atoms with van der Waals surface area (Å²) in [6, 6.07) is 0. The normalized spacial score (nSPS) is 22.4. The highest BCUT2D eigenvalue weighted by atomic mass is 79.9. The Labute approximate surface area is 130 Å². The molecule has 2 aromatic heterocycles. The number of hydrogen-bond donors (Lipinski definition) is 1. The maximum atomic E-state index is 11.6. The van der Waals surface area contributed by atoms with E-state index in [1.165, 1.54) is 7.11 Å². The summed E-state index contributed by atoms with van der Waals surface area (Å²) >= 11 is 3.46. The number of aromatic nitrogens is 3. The third-order valence-electron chi connectivity index (χ3n) is 4.19. The third-order valence-corrected chi connectivity index (χ3v) is 4.75. The van der Waals surface area contributed by atoms with Gasteiger partial charge in [-0.15, -0.1) is 0 Å². The van der Waals surface area contributed by atoms with Crippen molar-refractivity contribution < 1.29 is 9.53 Å². The van der Waals surface area contributed by atoms with Crippen LogP contribution >= 0.6 is 15.9 Å². The zero-order chi connectivity index (χ0) is 15.0. The molecule has 0 aliphatic heterocycles. The summed E-state index contributed by atoms with van der Waals surface area (Å²) in [4.78, 5) is 20.3. The number of hydrogen-bond acceptors (Lipinski definition) is 5. The molecule has 0 atom stereocenters. The minimum atomic E-state index is -0.101. The lowest BCUT2D eigenvalue weighted by Crippen LogP contribution is -2.23. The second-order valence-electron chi connectivity index (χ2n) is 5.36. The molecular formula is C14H17BrN4O2. The Hall–Kier alpha value is -1.63. The molecule has 3 rings (SSSR count). The number of nitrogen functional groups attached to an aromatic ring is 1. The van der Waals surface area contributed by atoms with Gasteiger partial charge in [0.25, 0.3) is 0 Å². The summed E-state index contributed by atoms with van der Waals surface area (Å²) in [5.74, 6) is 1.69. The predicted octanol–water partition coefficient (Wildman–Crippen LogP) is 2.52. The van der Waals surface area contributed by atoms with Crippen molar-refractivity contribution in [2.24, 2.45) is 5.92 Å². The number of fused-ring (bicyclic) bond motifs is 1. The van der Waals surface area contributed by atoms with Gasteiger partial charge < -0.3 is 10.5 Å². The van der Waals surface area contributed by atoms with Crippen LogP contribution < -0.4 is 5.73 Å². The fourth-order valence-electron chi connectivity index (χ4n) is 3.08. The molecule has 0 unspecified atom stereocenters. The van der Waals surface area contributed by atoms with Crippen LogP contribution in [-0.4, -0.2) is 27.4 Å². The van der Waals surface area contributed by atoms with E-state index in [1.54, 1.807) is 6.20 Å². The summed E-state index contributed by atoms with van der Waals surface area (Å²) in [6.45, 7) is 0. The predicted molar refractivity (Wildman–Crippen MR) is 81.8 cm³/mol. The van der Waals surface area contributed by atoms with E-state index in [-0.39, 0.29) is 11.9 Å². The van der Waals surface area contributed by atoms with E-state index in [9.17, 15) is 4.79 Å². The minimum absolute atomic E-state index is 0.0210. The first kappa shape index (κ1) is 14.3. The number of esters is 1. The van der Waals surface area contributed by atoms with Crippen molar-refractivity contribution in [3.8, 4) is 0 Å². The average Bonchev–Trinajstić information content (AvgIpc) is 2.85. The molecule has 1 saturated carbocycles. The van der Waals surface area contributed by atoms with Crippen LogP contribution in [0.3, 0.4) is 0 Å². The molecule has 21 heavy (non-hydrogen) atoms. The van der Waals surface area contributed by atoms with E-state index in [4.69, 9.17) is 10.5 Å². The van der Waals surface area contributed by atoms with Crippen molar-refractivity contribution >= 4 is 33.2 Å². The Kier molecular flexibility index (Phi) is 3.84. The van der Waals surface area contributed by atoms with Gasteiger partial charge in [0.15, 0.2) is 5.82 Å². The Bertz CT molecular complexity index is 677. The van der Waals surface area contributed by atoms with Gasteiger partial charge >= 0.3 is 5.97 Å². The molecule has 1 aliphatic rings. The average molecular weight is 353 g/mol. The molecule has 0 saturated heterocycles. The molecular weight excluding hydrogens is 336 g/mol. The molecule has 2 N–H and O–H groups in total. The largest absolute Gasteiger partial charge is 0.469 e. The first-order chi connectivity index (χ1) is 10.1. The van der Waals surface area contributed by atoms with Crippen LogP contribution in [0.25, 0.3) is 5.52 Å². The lowest BCUT2D eigenvalue weighted by atomic mass is 9.81. The number of carbonyl (C=O) groups is 1. The number of nitrogens with two attached hydrogens (primary N) is 1. The Morgan fingerprint density at radius 1 is 1.43 bits per heavy atom. The molecule has 0 spiro atoms. The number of imidazole rings is 1. The van der Waals surface area contributed by atoms with E-state index in [0.717, 1.165) is 41.6 Å². The number of ether oxygens (including phenoxy) is 1. The van der Waals surface area contributed by atoms with Gasteiger partial charge in [0, 0.05) is 18.3 Å². The Morgan fingerprint density at radius 3 is 2.81 bits per heavy atom. The van der Waals surface area contributed by atoms with Gasteiger partial charge in [-0.1, -0.05) is 0 Å². The number of methoxy groups -OCH3 is 1. The third kappa shape index (κ3) is 2.50. The topological polar surface area (TPSA) is 82.5 Å². The van der Waals surface area contributed by atoms with Crippen LogP contribution in [0.1, 0.15) is 37.4 Å². The number of rotatable bonds is 2. The van der Waals surface area contributed by atoms with Crippen molar-refractivity contribution in [2.75, 3.05) is 12.8 Å². The number of anilines is 1. The van der Waals surface area contributed by atoms with Crippen molar-refractivity contribution in [1.29, 1.82) is 0 Å². The molecule has 7 heteroatoms. The van der Waals surface area contributed by atoms with E-state index in [2.05, 4.69) is 25.9 Å². The van der Waals surface area contributed by atoms with Gasteiger partial charge in [-0.2, -0.15) is 0 Å². The van der Waals surface area contributed by atoms with Crippen LogP contribution in [0.15, 0.2) is 17.0 Å². The van der Waals surface area contributed by atoms with Gasteiger partial charge in [0.2, 0.25) is 0 Å². The molecule has 2 aromatic rings. The van der Waals surface area contributed by atoms with Gasteiger partial charge in [0.05, 0.1) is 13.0 Å². The second-order valence-corrected chi connectivity index (χ2v) is 6.11. The molecule has 0 aromatic carbocycles. The van der Waals surface area contributed by atoms with Crippen molar-refractivity contribution in [3.63, 3.8) is 0 Å². The Morgan fingerprint density at radius 2 is 2.14 bits per heavy atom. The highest BCUT2D eigenvalue weighted by Crippen LogP contribution is 2.37. The Balaban J connectivity index is 1.86. The van der Waals surface area contributed by atoms with Crippen molar-refractivity contribution in [1.82, 2.24) is 14.4 Å². The minimum Gasteiger partial charge on any atom is -0.469 e. The van der Waals surface area contributed by atoms with E-state index in [0.29, 0.717) is 11.7 Å². The molecule has 1 fully saturated rings. The lowest BCUT2D eigenvalue weighted by molar-refractivity contribution is -0.146. The van der Waals surface area contributed by atoms with Crippen LogP contribution in [0.5, 0.6) is 0 Å². The number of nitrogens with zero attached hydrogens (tertiary/aromatic N) is 3. The highest BCUT2D eigenvalue weighted by Gasteiger charge is 2.30. The summed E-state index contributed by atoms with van der Waals surface area (Å²) in [5, 5.41) is 0.